The number of hydrogen-bond acceptors (Lipinski definition) is 3. The lowest BCUT2D eigenvalue weighted by Crippen LogP contribution is -2.43. The van der Waals surface area contributed by atoms with Gasteiger partial charge < -0.3 is 20.0 Å². The summed E-state index contributed by atoms with van der Waals surface area (Å²) >= 11 is 12.0. The third-order valence-electron chi connectivity index (χ3n) is 6.19. The zero-order valence-corrected chi connectivity index (χ0v) is 18.6. The molecule has 0 spiro atoms. The number of carbonyl (C=O) groups excluding carboxylic acids is 2. The highest BCUT2D eigenvalue weighted by Gasteiger charge is 2.36. The van der Waals surface area contributed by atoms with Crippen LogP contribution in [0.1, 0.15) is 38.5 Å². The molecule has 8 heteroatoms. The molecule has 3 aliphatic rings. The topological polar surface area (TPSA) is 55.9 Å². The maximum absolute atomic E-state index is 12.8. The Balaban J connectivity index is 1.36. The number of piperidine rings is 1. The van der Waals surface area contributed by atoms with Crippen molar-refractivity contribution in [2.45, 2.75) is 44.6 Å². The standard InChI is InChI=1S/C22H28Cl2N4O2/c23-19-7-4-16(14-20(19)24)25-22(30)27-13-9-21(29)28-17(5-6-18(28)15-27)8-12-26-10-2-1-3-11-26/h4-5,7,14,18H,1-3,6,8-13,15H2,(H,25,30). The van der Waals surface area contributed by atoms with Crippen LogP contribution in [0.5, 0.6) is 0 Å². The molecule has 1 aromatic rings. The van der Waals surface area contributed by atoms with Crippen LogP contribution < -0.4 is 5.32 Å². The number of halogens is 2. The molecule has 2 fully saturated rings. The molecular weight excluding hydrogens is 423 g/mol. The fourth-order valence-corrected chi connectivity index (χ4v) is 4.86. The Morgan fingerprint density at radius 3 is 2.67 bits per heavy atom. The minimum atomic E-state index is -0.218. The van der Waals surface area contributed by atoms with E-state index in [1.54, 1.807) is 23.1 Å². The van der Waals surface area contributed by atoms with Crippen LogP contribution in [0.25, 0.3) is 0 Å². The van der Waals surface area contributed by atoms with Crippen LogP contribution in [0.2, 0.25) is 10.0 Å². The fourth-order valence-electron chi connectivity index (χ4n) is 4.57. The van der Waals surface area contributed by atoms with Crippen molar-refractivity contribution >= 4 is 40.8 Å². The maximum atomic E-state index is 12.8. The number of fused-ring (bicyclic) bond motifs is 1. The average molecular weight is 451 g/mol. The summed E-state index contributed by atoms with van der Waals surface area (Å²) < 4.78 is 0. The number of amides is 3. The normalized spacial score (nSPS) is 22.5. The molecule has 0 bridgehead atoms. The molecular formula is C22H28Cl2N4O2. The lowest BCUT2D eigenvalue weighted by Gasteiger charge is -2.30. The number of carbonyl (C=O) groups is 2. The maximum Gasteiger partial charge on any atom is 0.321 e. The minimum absolute atomic E-state index is 0.0240. The molecule has 1 atom stereocenters. The molecule has 6 nitrogen and oxygen atoms in total. The summed E-state index contributed by atoms with van der Waals surface area (Å²) in [5, 5.41) is 3.71. The van der Waals surface area contributed by atoms with Gasteiger partial charge in [0.15, 0.2) is 0 Å². The Labute approximate surface area is 187 Å². The van der Waals surface area contributed by atoms with Crippen molar-refractivity contribution in [3.05, 3.63) is 40.0 Å². The summed E-state index contributed by atoms with van der Waals surface area (Å²) in [6.45, 7) is 4.27. The number of nitrogens with zero attached hydrogens (tertiary/aromatic N) is 3. The minimum Gasteiger partial charge on any atom is -0.322 e. The molecule has 0 aliphatic carbocycles. The second-order valence-electron chi connectivity index (χ2n) is 8.26. The van der Waals surface area contributed by atoms with Gasteiger partial charge in [-0.05, 0) is 50.6 Å². The average Bonchev–Trinajstić information content (AvgIpc) is 3.07. The number of nitrogens with one attached hydrogen (secondary N) is 1. The molecule has 0 aromatic heterocycles. The number of benzene rings is 1. The molecule has 162 valence electrons. The Morgan fingerprint density at radius 2 is 1.90 bits per heavy atom. The largest absolute Gasteiger partial charge is 0.322 e. The Bertz CT molecular complexity index is 838. The molecule has 2 saturated heterocycles. The number of anilines is 1. The lowest BCUT2D eigenvalue weighted by molar-refractivity contribution is -0.129. The van der Waals surface area contributed by atoms with Crippen molar-refractivity contribution in [3.63, 3.8) is 0 Å². The van der Waals surface area contributed by atoms with Crippen LogP contribution in [0.3, 0.4) is 0 Å². The Morgan fingerprint density at radius 1 is 1.10 bits per heavy atom. The van der Waals surface area contributed by atoms with Gasteiger partial charge in [0.2, 0.25) is 5.91 Å². The van der Waals surface area contributed by atoms with E-state index >= 15 is 0 Å². The van der Waals surface area contributed by atoms with Gasteiger partial charge in [0, 0.05) is 43.9 Å². The van der Waals surface area contributed by atoms with Gasteiger partial charge in [-0.2, -0.15) is 0 Å². The zero-order chi connectivity index (χ0) is 21.1. The van der Waals surface area contributed by atoms with Crippen molar-refractivity contribution in [1.82, 2.24) is 14.7 Å². The van der Waals surface area contributed by atoms with Crippen molar-refractivity contribution in [3.8, 4) is 0 Å². The van der Waals surface area contributed by atoms with E-state index in [0.717, 1.165) is 38.2 Å². The van der Waals surface area contributed by atoms with Crippen molar-refractivity contribution in [2.75, 3.05) is 38.0 Å². The van der Waals surface area contributed by atoms with Gasteiger partial charge in [0.05, 0.1) is 16.1 Å². The Kier molecular flexibility index (Phi) is 6.86. The van der Waals surface area contributed by atoms with Gasteiger partial charge in [0.25, 0.3) is 0 Å². The second-order valence-corrected chi connectivity index (χ2v) is 9.07. The molecule has 1 N–H and O–H groups in total. The van der Waals surface area contributed by atoms with E-state index in [2.05, 4.69) is 16.3 Å². The van der Waals surface area contributed by atoms with E-state index in [4.69, 9.17) is 23.2 Å². The molecule has 3 heterocycles. The first-order valence-electron chi connectivity index (χ1n) is 10.8. The van der Waals surface area contributed by atoms with Gasteiger partial charge in [-0.15, -0.1) is 0 Å². The first-order valence-corrected chi connectivity index (χ1v) is 11.5. The molecule has 1 unspecified atom stereocenters. The van der Waals surface area contributed by atoms with Crippen LogP contribution in [0.4, 0.5) is 10.5 Å². The van der Waals surface area contributed by atoms with E-state index in [-0.39, 0.29) is 18.0 Å². The van der Waals surface area contributed by atoms with Crippen LogP contribution in [0.15, 0.2) is 30.0 Å². The van der Waals surface area contributed by atoms with E-state index < -0.39 is 0 Å². The third-order valence-corrected chi connectivity index (χ3v) is 6.93. The highest BCUT2D eigenvalue weighted by atomic mass is 35.5. The quantitative estimate of drug-likeness (QED) is 0.729. The highest BCUT2D eigenvalue weighted by molar-refractivity contribution is 6.42. The van der Waals surface area contributed by atoms with Crippen molar-refractivity contribution in [1.29, 1.82) is 0 Å². The summed E-state index contributed by atoms with van der Waals surface area (Å²) in [5.74, 6) is 0.118. The van der Waals surface area contributed by atoms with E-state index in [9.17, 15) is 9.59 Å². The summed E-state index contributed by atoms with van der Waals surface area (Å²) in [5.41, 5.74) is 1.72. The van der Waals surface area contributed by atoms with Crippen LogP contribution in [-0.2, 0) is 4.79 Å². The van der Waals surface area contributed by atoms with Crippen LogP contribution >= 0.6 is 23.2 Å². The number of urea groups is 1. The predicted octanol–water partition coefficient (Wildman–Crippen LogP) is 4.59. The van der Waals surface area contributed by atoms with Crippen molar-refractivity contribution in [2.24, 2.45) is 0 Å². The molecule has 30 heavy (non-hydrogen) atoms. The molecule has 3 aliphatic heterocycles. The number of hydrogen-bond donors (Lipinski definition) is 1. The van der Waals surface area contributed by atoms with E-state index in [1.807, 2.05) is 4.90 Å². The SMILES string of the molecule is O=C(Nc1ccc(Cl)c(Cl)c1)N1CCC(=O)N2C(CCN3CCCCC3)=CCC2C1. The molecule has 0 saturated carbocycles. The van der Waals surface area contributed by atoms with Gasteiger partial charge in [-0.3, -0.25) is 4.79 Å². The summed E-state index contributed by atoms with van der Waals surface area (Å²) in [6.07, 6.45) is 8.10. The second kappa shape index (κ2) is 9.58. The summed E-state index contributed by atoms with van der Waals surface area (Å²) in [6, 6.07) is 4.81. The van der Waals surface area contributed by atoms with Gasteiger partial charge >= 0.3 is 6.03 Å². The summed E-state index contributed by atoms with van der Waals surface area (Å²) in [4.78, 5) is 31.8. The lowest BCUT2D eigenvalue weighted by atomic mass is 10.1. The predicted molar refractivity (Wildman–Crippen MR) is 120 cm³/mol. The van der Waals surface area contributed by atoms with Gasteiger partial charge in [-0.1, -0.05) is 35.7 Å². The van der Waals surface area contributed by atoms with E-state index in [1.165, 1.54) is 19.3 Å². The first-order chi connectivity index (χ1) is 14.5. The number of rotatable bonds is 4. The monoisotopic (exact) mass is 450 g/mol. The van der Waals surface area contributed by atoms with Gasteiger partial charge in [0.1, 0.15) is 0 Å². The molecule has 3 amide bonds. The fraction of sp³-hybridized carbons (Fsp3) is 0.545. The Hall–Kier alpha value is -1.76. The van der Waals surface area contributed by atoms with Crippen LogP contribution in [-0.4, -0.2) is 65.4 Å². The molecule has 4 rings (SSSR count). The molecule has 0 radical (unpaired) electrons. The first kappa shape index (κ1) is 21.5. The smallest absolute Gasteiger partial charge is 0.321 e. The zero-order valence-electron chi connectivity index (χ0n) is 17.1. The molecule has 1 aromatic carbocycles. The third kappa shape index (κ3) is 4.93. The summed E-state index contributed by atoms with van der Waals surface area (Å²) in [7, 11) is 0. The van der Waals surface area contributed by atoms with E-state index in [0.29, 0.717) is 35.2 Å². The van der Waals surface area contributed by atoms with Gasteiger partial charge in [-0.25, -0.2) is 4.79 Å². The van der Waals surface area contributed by atoms with Crippen LogP contribution in [0, 0.1) is 0 Å². The highest BCUT2D eigenvalue weighted by Crippen LogP contribution is 2.30. The number of likely N-dealkylation sites (tertiary alicyclic amines) is 1. The van der Waals surface area contributed by atoms with Crippen molar-refractivity contribution < 1.29 is 9.59 Å².